The van der Waals surface area contributed by atoms with Crippen molar-refractivity contribution in [2.75, 3.05) is 6.54 Å². The molecule has 0 saturated carbocycles. The van der Waals surface area contributed by atoms with Crippen LogP contribution in [0.25, 0.3) is 0 Å². The molecule has 0 aliphatic carbocycles. The van der Waals surface area contributed by atoms with Crippen molar-refractivity contribution in [1.82, 2.24) is 0 Å². The molecule has 0 atom stereocenters. The largest absolute Gasteiger partial charge is 0.370 e. The molecule has 0 amide bonds. The van der Waals surface area contributed by atoms with E-state index in [1.165, 1.54) is 5.56 Å². The summed E-state index contributed by atoms with van der Waals surface area (Å²) in [6.07, 6.45) is 0. The Hall–Kier alpha value is -0.570. The molecule has 0 aromatic heterocycles. The second kappa shape index (κ2) is 6.02. The molecule has 3 heteroatoms. The van der Waals surface area contributed by atoms with Gasteiger partial charge in [0, 0.05) is 6.54 Å². The first-order valence-electron chi connectivity index (χ1n) is 4.52. The number of benzene rings is 1. The van der Waals surface area contributed by atoms with Gasteiger partial charge in [-0.15, -0.1) is 12.4 Å². The molecule has 0 bridgehead atoms. The van der Waals surface area contributed by atoms with Crippen molar-refractivity contribution in [3.8, 4) is 0 Å². The molecule has 1 aromatic carbocycles. The number of halogens is 1. The first kappa shape index (κ1) is 13.4. The number of hydrogen-bond acceptors (Lipinski definition) is 2. The zero-order valence-corrected chi connectivity index (χ0v) is 9.51. The van der Waals surface area contributed by atoms with E-state index < -0.39 is 0 Å². The fourth-order valence-corrected chi connectivity index (χ4v) is 0.912. The highest BCUT2D eigenvalue weighted by atomic mass is 35.5. The lowest BCUT2D eigenvalue weighted by Gasteiger charge is -2.23. The Kier molecular flexibility index (Phi) is 5.77. The Balaban J connectivity index is 0.00000169. The lowest BCUT2D eigenvalue weighted by atomic mass is 10.1. The van der Waals surface area contributed by atoms with Gasteiger partial charge in [0.1, 0.15) is 0 Å². The first-order valence-corrected chi connectivity index (χ1v) is 4.52. The summed E-state index contributed by atoms with van der Waals surface area (Å²) in [5, 5.41) is 0. The van der Waals surface area contributed by atoms with Crippen LogP contribution in [0.1, 0.15) is 19.4 Å². The van der Waals surface area contributed by atoms with E-state index in [-0.39, 0.29) is 18.0 Å². The van der Waals surface area contributed by atoms with Crippen LogP contribution in [0.5, 0.6) is 0 Å². The van der Waals surface area contributed by atoms with Gasteiger partial charge in [-0.05, 0) is 19.4 Å². The van der Waals surface area contributed by atoms with Crippen LogP contribution in [0, 0.1) is 0 Å². The summed E-state index contributed by atoms with van der Waals surface area (Å²) in [5.41, 5.74) is 6.50. The van der Waals surface area contributed by atoms with Crippen LogP contribution < -0.4 is 5.73 Å². The third kappa shape index (κ3) is 4.61. The lowest BCUT2D eigenvalue weighted by molar-refractivity contribution is -0.0221. The fourth-order valence-electron chi connectivity index (χ4n) is 0.912. The van der Waals surface area contributed by atoms with Crippen LogP contribution in [0.2, 0.25) is 0 Å². The van der Waals surface area contributed by atoms with Crippen molar-refractivity contribution >= 4 is 12.4 Å². The molecule has 0 heterocycles. The lowest BCUT2D eigenvalue weighted by Crippen LogP contribution is -2.33. The van der Waals surface area contributed by atoms with Gasteiger partial charge < -0.3 is 10.5 Å². The monoisotopic (exact) mass is 215 g/mol. The van der Waals surface area contributed by atoms with Gasteiger partial charge in [0.05, 0.1) is 12.2 Å². The summed E-state index contributed by atoms with van der Waals surface area (Å²) in [7, 11) is 0. The molecule has 2 N–H and O–H groups in total. The average molecular weight is 216 g/mol. The van der Waals surface area contributed by atoms with Crippen molar-refractivity contribution < 1.29 is 4.74 Å². The van der Waals surface area contributed by atoms with Crippen LogP contribution >= 0.6 is 12.4 Å². The molecule has 0 unspecified atom stereocenters. The maximum atomic E-state index is 5.64. The van der Waals surface area contributed by atoms with Crippen molar-refractivity contribution in [2.24, 2.45) is 5.73 Å². The summed E-state index contributed by atoms with van der Waals surface area (Å²) in [6.45, 7) is 5.16. The molecular weight excluding hydrogens is 198 g/mol. The predicted octanol–water partition coefficient (Wildman–Crippen LogP) is 2.36. The molecule has 0 fully saturated rings. The summed E-state index contributed by atoms with van der Waals surface area (Å²) >= 11 is 0. The van der Waals surface area contributed by atoms with E-state index in [9.17, 15) is 0 Å². The van der Waals surface area contributed by atoms with Gasteiger partial charge in [-0.1, -0.05) is 30.3 Å². The number of rotatable bonds is 4. The van der Waals surface area contributed by atoms with E-state index in [1.807, 2.05) is 44.2 Å². The quantitative estimate of drug-likeness (QED) is 0.837. The van der Waals surface area contributed by atoms with Crippen LogP contribution in [-0.2, 0) is 11.3 Å². The minimum atomic E-state index is -0.226. The molecule has 0 aliphatic heterocycles. The minimum Gasteiger partial charge on any atom is -0.370 e. The van der Waals surface area contributed by atoms with E-state index >= 15 is 0 Å². The van der Waals surface area contributed by atoms with Gasteiger partial charge in [0.2, 0.25) is 0 Å². The Bertz CT molecular complexity index is 249. The topological polar surface area (TPSA) is 35.2 Å². The summed E-state index contributed by atoms with van der Waals surface area (Å²) in [5.74, 6) is 0. The van der Waals surface area contributed by atoms with Crippen molar-refractivity contribution in [2.45, 2.75) is 26.1 Å². The normalized spacial score (nSPS) is 10.8. The van der Waals surface area contributed by atoms with Crippen molar-refractivity contribution in [3.05, 3.63) is 35.9 Å². The van der Waals surface area contributed by atoms with Crippen LogP contribution in [-0.4, -0.2) is 12.1 Å². The van der Waals surface area contributed by atoms with E-state index in [0.29, 0.717) is 13.2 Å². The molecule has 0 saturated heterocycles. The van der Waals surface area contributed by atoms with E-state index in [4.69, 9.17) is 10.5 Å². The Morgan fingerprint density at radius 2 is 1.79 bits per heavy atom. The van der Waals surface area contributed by atoms with Crippen LogP contribution in [0.15, 0.2) is 30.3 Å². The Morgan fingerprint density at radius 1 is 1.21 bits per heavy atom. The van der Waals surface area contributed by atoms with E-state index in [1.54, 1.807) is 0 Å². The zero-order chi connectivity index (χ0) is 9.73. The summed E-state index contributed by atoms with van der Waals surface area (Å²) in [4.78, 5) is 0. The summed E-state index contributed by atoms with van der Waals surface area (Å²) in [6, 6.07) is 10.1. The van der Waals surface area contributed by atoms with Gasteiger partial charge >= 0.3 is 0 Å². The molecule has 0 radical (unpaired) electrons. The second-order valence-corrected chi connectivity index (χ2v) is 3.74. The van der Waals surface area contributed by atoms with Crippen molar-refractivity contribution in [3.63, 3.8) is 0 Å². The van der Waals surface area contributed by atoms with Crippen LogP contribution in [0.4, 0.5) is 0 Å². The van der Waals surface area contributed by atoms with Gasteiger partial charge in [-0.3, -0.25) is 0 Å². The third-order valence-electron chi connectivity index (χ3n) is 1.96. The van der Waals surface area contributed by atoms with E-state index in [0.717, 1.165) is 0 Å². The standard InChI is InChI=1S/C11H17NO.ClH/c1-11(2,9-12)13-8-10-6-4-3-5-7-10;/h3-7H,8-9,12H2,1-2H3;1H. The SMILES string of the molecule is CC(C)(CN)OCc1ccccc1.Cl. The Labute approximate surface area is 91.9 Å². The average Bonchev–Trinajstić information content (AvgIpc) is 2.17. The highest BCUT2D eigenvalue weighted by Crippen LogP contribution is 2.10. The first-order chi connectivity index (χ1) is 6.14. The molecule has 80 valence electrons. The van der Waals surface area contributed by atoms with Gasteiger partial charge in [0.15, 0.2) is 0 Å². The molecule has 1 aromatic rings. The molecule has 14 heavy (non-hydrogen) atoms. The van der Waals surface area contributed by atoms with Crippen molar-refractivity contribution in [1.29, 1.82) is 0 Å². The number of hydrogen-bond donors (Lipinski definition) is 1. The fraction of sp³-hybridized carbons (Fsp3) is 0.455. The zero-order valence-electron chi connectivity index (χ0n) is 8.69. The number of ether oxygens (including phenoxy) is 1. The summed E-state index contributed by atoms with van der Waals surface area (Å²) < 4.78 is 5.64. The molecular formula is C11H18ClNO. The van der Waals surface area contributed by atoms with Gasteiger partial charge in [-0.25, -0.2) is 0 Å². The third-order valence-corrected chi connectivity index (χ3v) is 1.96. The maximum Gasteiger partial charge on any atom is 0.0752 e. The van der Waals surface area contributed by atoms with E-state index in [2.05, 4.69) is 0 Å². The van der Waals surface area contributed by atoms with Gasteiger partial charge in [-0.2, -0.15) is 0 Å². The highest BCUT2D eigenvalue weighted by Gasteiger charge is 2.15. The molecule has 0 aliphatic rings. The smallest absolute Gasteiger partial charge is 0.0752 e. The second-order valence-electron chi connectivity index (χ2n) is 3.74. The minimum absolute atomic E-state index is 0. The Morgan fingerprint density at radius 3 is 2.29 bits per heavy atom. The molecule has 0 spiro atoms. The maximum absolute atomic E-state index is 5.64. The molecule has 1 rings (SSSR count). The highest BCUT2D eigenvalue weighted by molar-refractivity contribution is 5.85. The van der Waals surface area contributed by atoms with Crippen LogP contribution in [0.3, 0.4) is 0 Å². The number of nitrogens with two attached hydrogens (primary N) is 1. The van der Waals surface area contributed by atoms with Gasteiger partial charge in [0.25, 0.3) is 0 Å². The predicted molar refractivity (Wildman–Crippen MR) is 61.6 cm³/mol. The molecule has 2 nitrogen and oxygen atoms in total.